The van der Waals surface area contributed by atoms with Gasteiger partial charge in [0.1, 0.15) is 0 Å². The second-order valence-electron chi connectivity index (χ2n) is 7.65. The quantitative estimate of drug-likeness (QED) is 0.595. The summed E-state index contributed by atoms with van der Waals surface area (Å²) < 4.78 is 4.49. The lowest BCUT2D eigenvalue weighted by atomic mass is 10.1. The van der Waals surface area contributed by atoms with Gasteiger partial charge in [0.05, 0.1) is 23.3 Å². The zero-order valence-corrected chi connectivity index (χ0v) is 18.1. The van der Waals surface area contributed by atoms with Gasteiger partial charge in [-0.2, -0.15) is 0 Å². The molecule has 0 radical (unpaired) electrons. The van der Waals surface area contributed by atoms with Gasteiger partial charge in [0.2, 0.25) is 5.91 Å². The number of likely N-dealkylation sites (tertiary alicyclic amines) is 1. The molecule has 1 saturated heterocycles. The number of rotatable bonds is 4. The number of aromatic nitrogens is 3. The van der Waals surface area contributed by atoms with Crippen LogP contribution in [0.4, 0.5) is 0 Å². The average molecular weight is 457 g/mol. The average Bonchev–Trinajstić information content (AvgIpc) is 2.99. The van der Waals surface area contributed by atoms with Crippen LogP contribution in [-0.4, -0.2) is 31.5 Å². The Bertz CT molecular complexity index is 1090. The zero-order valence-electron chi connectivity index (χ0n) is 16.6. The molecule has 1 atom stereocenters. The van der Waals surface area contributed by atoms with E-state index in [-0.39, 0.29) is 17.5 Å². The molecule has 1 aliphatic heterocycles. The number of hydrogen-bond acceptors (Lipinski definition) is 3. The lowest BCUT2D eigenvalue weighted by Gasteiger charge is -2.31. The molecule has 0 spiro atoms. The van der Waals surface area contributed by atoms with Gasteiger partial charge in [-0.05, 0) is 43.2 Å². The third-order valence-electron chi connectivity index (χ3n) is 5.75. The molecule has 4 rings (SSSR count). The van der Waals surface area contributed by atoms with Crippen molar-refractivity contribution >= 4 is 32.7 Å². The van der Waals surface area contributed by atoms with Crippen LogP contribution in [0.1, 0.15) is 43.8 Å². The number of carbonyl (C=O) groups excluding carboxylic acids is 1. The molecule has 29 heavy (non-hydrogen) atoms. The molecule has 1 amide bonds. The molecule has 152 valence electrons. The number of amides is 1. The smallest absolute Gasteiger partial charge is 0.261 e. The molecule has 1 aliphatic rings. The number of halogens is 1. The summed E-state index contributed by atoms with van der Waals surface area (Å²) in [6, 6.07) is 9.70. The number of aryl methyl sites for hydroxylation is 2. The molecule has 1 aromatic carbocycles. The summed E-state index contributed by atoms with van der Waals surface area (Å²) in [5.74, 6) is 0.0966. The Morgan fingerprint density at radius 2 is 2.10 bits per heavy atom. The molecule has 7 heteroatoms. The number of carbonyl (C=O) groups is 1. The summed E-state index contributed by atoms with van der Waals surface area (Å²) in [6.07, 6.45) is 8.15. The van der Waals surface area contributed by atoms with Gasteiger partial charge < -0.3 is 9.47 Å². The molecular weight excluding hydrogens is 432 g/mol. The van der Waals surface area contributed by atoms with E-state index in [9.17, 15) is 9.59 Å². The van der Waals surface area contributed by atoms with Crippen LogP contribution in [0, 0.1) is 0 Å². The lowest BCUT2D eigenvalue weighted by molar-refractivity contribution is -0.134. The SMILES string of the molecule is Cn1cccc1C1CCCCCN1C(=O)CCn1cnc2ccc(Br)cc2c1=O. The van der Waals surface area contributed by atoms with Gasteiger partial charge >= 0.3 is 0 Å². The van der Waals surface area contributed by atoms with E-state index in [1.54, 1.807) is 17.0 Å². The summed E-state index contributed by atoms with van der Waals surface area (Å²) in [6.45, 7) is 1.11. The molecule has 0 saturated carbocycles. The Labute approximate surface area is 178 Å². The fraction of sp³-hybridized carbons (Fsp3) is 0.409. The maximum Gasteiger partial charge on any atom is 0.261 e. The van der Waals surface area contributed by atoms with Gasteiger partial charge in [-0.15, -0.1) is 0 Å². The maximum atomic E-state index is 13.1. The predicted octanol–water partition coefficient (Wildman–Crippen LogP) is 4.03. The second-order valence-corrected chi connectivity index (χ2v) is 8.57. The van der Waals surface area contributed by atoms with Crippen LogP contribution in [0.15, 0.2) is 52.1 Å². The summed E-state index contributed by atoms with van der Waals surface area (Å²) in [5, 5.41) is 0.561. The summed E-state index contributed by atoms with van der Waals surface area (Å²) in [4.78, 5) is 32.3. The van der Waals surface area contributed by atoms with Crippen molar-refractivity contribution in [2.45, 2.75) is 44.7 Å². The summed E-state index contributed by atoms with van der Waals surface area (Å²) in [7, 11) is 2.03. The Morgan fingerprint density at radius 3 is 2.90 bits per heavy atom. The van der Waals surface area contributed by atoms with Crippen LogP contribution < -0.4 is 5.56 Å². The molecule has 6 nitrogen and oxygen atoms in total. The van der Waals surface area contributed by atoms with Crippen molar-refractivity contribution in [3.05, 3.63) is 63.4 Å². The van der Waals surface area contributed by atoms with E-state index >= 15 is 0 Å². The molecule has 3 heterocycles. The third-order valence-corrected chi connectivity index (χ3v) is 6.24. The van der Waals surface area contributed by atoms with E-state index < -0.39 is 0 Å². The predicted molar refractivity (Wildman–Crippen MR) is 117 cm³/mol. The lowest BCUT2D eigenvalue weighted by Crippen LogP contribution is -2.36. The summed E-state index contributed by atoms with van der Waals surface area (Å²) >= 11 is 3.41. The van der Waals surface area contributed by atoms with Gasteiger partial charge in [-0.3, -0.25) is 14.2 Å². The van der Waals surface area contributed by atoms with Crippen molar-refractivity contribution in [3.63, 3.8) is 0 Å². The first-order valence-electron chi connectivity index (χ1n) is 10.1. The topological polar surface area (TPSA) is 60.1 Å². The zero-order chi connectivity index (χ0) is 20.4. The van der Waals surface area contributed by atoms with E-state index in [4.69, 9.17) is 0 Å². The summed E-state index contributed by atoms with van der Waals surface area (Å²) in [5.41, 5.74) is 1.73. The minimum absolute atomic E-state index is 0.0966. The minimum atomic E-state index is -0.112. The van der Waals surface area contributed by atoms with E-state index in [0.717, 1.165) is 36.7 Å². The monoisotopic (exact) mass is 456 g/mol. The Morgan fingerprint density at radius 1 is 1.24 bits per heavy atom. The minimum Gasteiger partial charge on any atom is -0.353 e. The van der Waals surface area contributed by atoms with E-state index in [1.165, 1.54) is 5.69 Å². The van der Waals surface area contributed by atoms with Crippen LogP contribution in [0.25, 0.3) is 10.9 Å². The second kappa shape index (κ2) is 8.53. The fourth-order valence-corrected chi connectivity index (χ4v) is 4.55. The highest BCUT2D eigenvalue weighted by molar-refractivity contribution is 9.10. The highest BCUT2D eigenvalue weighted by Gasteiger charge is 2.28. The molecule has 0 bridgehead atoms. The maximum absolute atomic E-state index is 13.1. The fourth-order valence-electron chi connectivity index (χ4n) is 4.19. The van der Waals surface area contributed by atoms with Gasteiger partial charge in [0.15, 0.2) is 0 Å². The Balaban J connectivity index is 1.54. The highest BCUT2D eigenvalue weighted by Crippen LogP contribution is 2.30. The van der Waals surface area contributed by atoms with Crippen LogP contribution in [-0.2, 0) is 18.4 Å². The van der Waals surface area contributed by atoms with E-state index in [2.05, 4.69) is 31.5 Å². The Hall–Kier alpha value is -2.41. The first-order chi connectivity index (χ1) is 14.0. The van der Waals surface area contributed by atoms with Crippen molar-refractivity contribution in [2.75, 3.05) is 6.54 Å². The van der Waals surface area contributed by atoms with Gasteiger partial charge in [-0.25, -0.2) is 4.98 Å². The molecule has 0 aliphatic carbocycles. The van der Waals surface area contributed by atoms with Crippen molar-refractivity contribution in [1.82, 2.24) is 19.0 Å². The van der Waals surface area contributed by atoms with Crippen LogP contribution in [0.2, 0.25) is 0 Å². The Kier molecular flexibility index (Phi) is 5.85. The van der Waals surface area contributed by atoms with Crippen molar-refractivity contribution in [2.24, 2.45) is 7.05 Å². The van der Waals surface area contributed by atoms with Gasteiger partial charge in [-0.1, -0.05) is 28.8 Å². The van der Waals surface area contributed by atoms with Crippen molar-refractivity contribution < 1.29 is 4.79 Å². The molecule has 2 aromatic heterocycles. The number of nitrogens with zero attached hydrogens (tertiary/aromatic N) is 4. The third kappa shape index (κ3) is 4.15. The molecule has 3 aromatic rings. The number of fused-ring (bicyclic) bond motifs is 1. The van der Waals surface area contributed by atoms with Crippen LogP contribution in [0.5, 0.6) is 0 Å². The highest BCUT2D eigenvalue weighted by atomic mass is 79.9. The first kappa shape index (κ1) is 19.9. The normalized spacial score (nSPS) is 17.4. The van der Waals surface area contributed by atoms with Crippen LogP contribution in [0.3, 0.4) is 0 Å². The van der Waals surface area contributed by atoms with E-state index in [1.807, 2.05) is 36.3 Å². The number of benzene rings is 1. The van der Waals surface area contributed by atoms with Crippen LogP contribution >= 0.6 is 15.9 Å². The van der Waals surface area contributed by atoms with Crippen molar-refractivity contribution in [3.8, 4) is 0 Å². The molecule has 1 fully saturated rings. The first-order valence-corrected chi connectivity index (χ1v) is 10.9. The standard InChI is InChI=1S/C22H25BrN4O2/c1-25-11-5-7-19(25)20-6-3-2-4-12-27(20)21(28)10-13-26-15-24-18-9-8-16(23)14-17(18)22(26)29/h5,7-9,11,14-15,20H,2-4,6,10,12-13H2,1H3. The molecule has 1 unspecified atom stereocenters. The molecule has 0 N–H and O–H groups in total. The van der Waals surface area contributed by atoms with Gasteiger partial charge in [0, 0.05) is 42.9 Å². The van der Waals surface area contributed by atoms with E-state index in [0.29, 0.717) is 23.9 Å². The largest absolute Gasteiger partial charge is 0.353 e. The van der Waals surface area contributed by atoms with Gasteiger partial charge in [0.25, 0.3) is 5.56 Å². The van der Waals surface area contributed by atoms with Crippen molar-refractivity contribution in [1.29, 1.82) is 0 Å². The molecular formula is C22H25BrN4O2. The number of hydrogen-bond donors (Lipinski definition) is 0.